The Morgan fingerprint density at radius 2 is 1.81 bits per heavy atom. The average Bonchev–Trinajstić information content (AvgIpc) is 3.54. The fourth-order valence-electron chi connectivity index (χ4n) is 3.65. The molecule has 1 heterocycles. The normalized spacial score (nSPS) is 12.9. The van der Waals surface area contributed by atoms with Gasteiger partial charge in [-0.25, -0.2) is 4.79 Å². The monoisotopic (exact) mass is 494 g/mol. The Hall–Kier alpha value is -3.06. The summed E-state index contributed by atoms with van der Waals surface area (Å²) in [5.74, 6) is -0.0636. The van der Waals surface area contributed by atoms with Crippen LogP contribution in [0.3, 0.4) is 0 Å². The highest BCUT2D eigenvalue weighted by molar-refractivity contribution is 9.10. The lowest BCUT2D eigenvalue weighted by Crippen LogP contribution is -2.45. The summed E-state index contributed by atoms with van der Waals surface area (Å²) in [7, 11) is 1.97. The first-order valence-corrected chi connectivity index (χ1v) is 11.5. The van der Waals surface area contributed by atoms with E-state index in [1.54, 1.807) is 4.90 Å². The van der Waals surface area contributed by atoms with Gasteiger partial charge in [-0.1, -0.05) is 52.3 Å². The third-order valence-electron chi connectivity index (χ3n) is 5.60. The Kier molecular flexibility index (Phi) is 6.95. The number of halogens is 1. The second-order valence-electron chi connectivity index (χ2n) is 8.15. The minimum Gasteiger partial charge on any atom is -0.353 e. The summed E-state index contributed by atoms with van der Waals surface area (Å²) in [6.45, 7) is 1.04. The third kappa shape index (κ3) is 5.79. The fraction of sp³-hybridized carbons (Fsp3) is 0.280. The number of anilines is 1. The molecule has 0 bridgehead atoms. The molecule has 6 nitrogen and oxygen atoms in total. The number of rotatable bonds is 8. The Bertz CT molecular complexity index is 1080. The highest BCUT2D eigenvalue weighted by atomic mass is 79.9. The van der Waals surface area contributed by atoms with E-state index in [0.717, 1.165) is 28.6 Å². The molecule has 0 spiro atoms. The lowest BCUT2D eigenvalue weighted by atomic mass is 10.2. The average molecular weight is 495 g/mol. The van der Waals surface area contributed by atoms with Crippen LogP contribution in [-0.4, -0.2) is 38.9 Å². The number of urea groups is 1. The van der Waals surface area contributed by atoms with Gasteiger partial charge in [0.15, 0.2) is 0 Å². The second kappa shape index (κ2) is 10.0. The van der Waals surface area contributed by atoms with Crippen LogP contribution in [-0.2, 0) is 24.9 Å². The maximum Gasteiger partial charge on any atom is 0.322 e. The SMILES string of the molecule is Cn1cccc1CN(Cc1ccccc1)C(=O)CN(C(=O)Nc1cccc(Br)c1)C1CC1. The van der Waals surface area contributed by atoms with Crippen LogP contribution in [0.5, 0.6) is 0 Å². The molecule has 1 fully saturated rings. The zero-order valence-corrected chi connectivity index (χ0v) is 19.7. The van der Waals surface area contributed by atoms with E-state index in [2.05, 4.69) is 21.2 Å². The summed E-state index contributed by atoms with van der Waals surface area (Å²) in [5.41, 5.74) is 2.81. The number of benzene rings is 2. The van der Waals surface area contributed by atoms with E-state index in [0.29, 0.717) is 18.8 Å². The molecule has 7 heteroatoms. The molecule has 1 aliphatic carbocycles. The van der Waals surface area contributed by atoms with Crippen molar-refractivity contribution in [2.75, 3.05) is 11.9 Å². The zero-order chi connectivity index (χ0) is 22.5. The molecule has 0 radical (unpaired) electrons. The lowest BCUT2D eigenvalue weighted by molar-refractivity contribution is -0.133. The van der Waals surface area contributed by atoms with Crippen molar-refractivity contribution < 1.29 is 9.59 Å². The number of nitrogens with one attached hydrogen (secondary N) is 1. The molecule has 32 heavy (non-hydrogen) atoms. The molecule has 0 aliphatic heterocycles. The van der Waals surface area contributed by atoms with Gasteiger partial charge in [-0.05, 0) is 48.7 Å². The lowest BCUT2D eigenvalue weighted by Gasteiger charge is -2.28. The molecule has 1 N–H and O–H groups in total. The number of nitrogens with zero attached hydrogens (tertiary/aromatic N) is 3. The van der Waals surface area contributed by atoms with E-state index in [1.807, 2.05) is 89.4 Å². The van der Waals surface area contributed by atoms with Gasteiger partial charge in [-0.3, -0.25) is 4.79 Å². The standard InChI is InChI=1S/C25H27BrN4O2/c1-28-14-6-11-23(28)17-29(16-19-7-3-2-4-8-19)24(31)18-30(22-12-13-22)25(32)27-21-10-5-9-20(26)15-21/h2-11,14-15,22H,12-13,16-18H2,1H3,(H,27,32). The maximum absolute atomic E-state index is 13.4. The minimum absolute atomic E-state index is 0.0573. The van der Waals surface area contributed by atoms with Crippen molar-refractivity contribution in [3.05, 3.63) is 88.7 Å². The number of aryl methyl sites for hydroxylation is 1. The smallest absolute Gasteiger partial charge is 0.322 e. The predicted octanol–water partition coefficient (Wildman–Crippen LogP) is 5.01. The van der Waals surface area contributed by atoms with E-state index in [9.17, 15) is 9.59 Å². The molecule has 0 atom stereocenters. The molecule has 1 saturated carbocycles. The topological polar surface area (TPSA) is 57.6 Å². The van der Waals surface area contributed by atoms with Gasteiger partial charge in [0.1, 0.15) is 6.54 Å². The summed E-state index contributed by atoms with van der Waals surface area (Å²) in [4.78, 5) is 29.9. The van der Waals surface area contributed by atoms with Gasteiger partial charge in [0.25, 0.3) is 0 Å². The van der Waals surface area contributed by atoms with Gasteiger partial charge in [-0.2, -0.15) is 0 Å². The highest BCUT2D eigenvalue weighted by Gasteiger charge is 2.35. The van der Waals surface area contributed by atoms with Crippen molar-refractivity contribution in [3.8, 4) is 0 Å². The zero-order valence-electron chi connectivity index (χ0n) is 18.1. The van der Waals surface area contributed by atoms with Gasteiger partial charge in [-0.15, -0.1) is 0 Å². The molecule has 1 aliphatic rings. The van der Waals surface area contributed by atoms with Gasteiger partial charge >= 0.3 is 6.03 Å². The molecule has 2 aromatic carbocycles. The van der Waals surface area contributed by atoms with Crippen LogP contribution in [0.1, 0.15) is 24.1 Å². The van der Waals surface area contributed by atoms with E-state index < -0.39 is 0 Å². The molecule has 1 aromatic heterocycles. The third-order valence-corrected chi connectivity index (χ3v) is 6.10. The Labute approximate surface area is 197 Å². The van der Waals surface area contributed by atoms with Crippen molar-refractivity contribution in [2.45, 2.75) is 32.0 Å². The van der Waals surface area contributed by atoms with Crippen LogP contribution in [0.15, 0.2) is 77.4 Å². The van der Waals surface area contributed by atoms with Crippen LogP contribution in [0.4, 0.5) is 10.5 Å². The molecular formula is C25H27BrN4O2. The number of amides is 3. The molecule has 0 unspecified atom stereocenters. The van der Waals surface area contributed by atoms with E-state index in [-0.39, 0.29) is 24.5 Å². The summed E-state index contributed by atoms with van der Waals surface area (Å²) >= 11 is 3.43. The van der Waals surface area contributed by atoms with Crippen molar-refractivity contribution in [1.29, 1.82) is 0 Å². The second-order valence-corrected chi connectivity index (χ2v) is 9.06. The van der Waals surface area contributed by atoms with Crippen LogP contribution in [0.2, 0.25) is 0 Å². The summed E-state index contributed by atoms with van der Waals surface area (Å²) in [5, 5.41) is 2.93. The molecule has 3 amide bonds. The molecular weight excluding hydrogens is 468 g/mol. The van der Waals surface area contributed by atoms with Gasteiger partial charge in [0.05, 0.1) is 6.54 Å². The fourth-order valence-corrected chi connectivity index (χ4v) is 4.05. The van der Waals surface area contributed by atoms with Crippen LogP contribution >= 0.6 is 15.9 Å². The van der Waals surface area contributed by atoms with Crippen LogP contribution in [0.25, 0.3) is 0 Å². The molecule has 0 saturated heterocycles. The van der Waals surface area contributed by atoms with Crippen molar-refractivity contribution in [1.82, 2.24) is 14.4 Å². The van der Waals surface area contributed by atoms with E-state index in [4.69, 9.17) is 0 Å². The van der Waals surface area contributed by atoms with Gasteiger partial charge in [0.2, 0.25) is 5.91 Å². The molecule has 166 valence electrons. The Balaban J connectivity index is 1.49. The van der Waals surface area contributed by atoms with Crippen molar-refractivity contribution in [3.63, 3.8) is 0 Å². The van der Waals surface area contributed by atoms with Crippen molar-refractivity contribution >= 4 is 33.6 Å². The highest BCUT2D eigenvalue weighted by Crippen LogP contribution is 2.28. The van der Waals surface area contributed by atoms with E-state index >= 15 is 0 Å². The maximum atomic E-state index is 13.4. The number of hydrogen-bond donors (Lipinski definition) is 1. The van der Waals surface area contributed by atoms with Gasteiger partial charge in [0, 0.05) is 41.7 Å². The number of carbonyl (C=O) groups is 2. The van der Waals surface area contributed by atoms with Gasteiger partial charge < -0.3 is 19.7 Å². The van der Waals surface area contributed by atoms with Crippen LogP contribution < -0.4 is 5.32 Å². The number of hydrogen-bond acceptors (Lipinski definition) is 2. The summed E-state index contributed by atoms with van der Waals surface area (Å²) in [6, 6.07) is 21.3. The first kappa shape index (κ1) is 22.1. The molecule has 3 aromatic rings. The first-order valence-electron chi connectivity index (χ1n) is 10.7. The summed E-state index contributed by atoms with van der Waals surface area (Å²) < 4.78 is 2.91. The first-order chi connectivity index (χ1) is 15.5. The van der Waals surface area contributed by atoms with Crippen molar-refractivity contribution in [2.24, 2.45) is 7.05 Å². The Morgan fingerprint density at radius 1 is 1.03 bits per heavy atom. The quantitative estimate of drug-likeness (QED) is 0.478. The van der Waals surface area contributed by atoms with E-state index in [1.165, 1.54) is 0 Å². The largest absolute Gasteiger partial charge is 0.353 e. The summed E-state index contributed by atoms with van der Waals surface area (Å²) in [6.07, 6.45) is 3.83. The predicted molar refractivity (Wildman–Crippen MR) is 129 cm³/mol. The molecule has 4 rings (SSSR count). The number of carbonyl (C=O) groups excluding carboxylic acids is 2. The minimum atomic E-state index is -0.238. The van der Waals surface area contributed by atoms with Crippen LogP contribution in [0, 0.1) is 0 Å². The Morgan fingerprint density at radius 3 is 2.47 bits per heavy atom. The number of aromatic nitrogens is 1.